The van der Waals surface area contributed by atoms with Crippen LogP contribution in [0.2, 0.25) is 0 Å². The summed E-state index contributed by atoms with van der Waals surface area (Å²) in [4.78, 5) is 23.4. The molecule has 0 radical (unpaired) electrons. The van der Waals surface area contributed by atoms with Crippen molar-refractivity contribution in [3.05, 3.63) is 59.7 Å². The van der Waals surface area contributed by atoms with Crippen molar-refractivity contribution >= 4 is 23.7 Å². The molecule has 2 aromatic rings. The fraction of sp³-hybridized carbons (Fsp3) is 0.167. The molecule has 0 fully saturated rings. The highest BCUT2D eigenvalue weighted by molar-refractivity contribution is 6.39. The molecule has 142 valence electrons. The molecule has 0 aliphatic heterocycles. The first-order valence-corrected chi connectivity index (χ1v) is 7.84. The van der Waals surface area contributed by atoms with Crippen molar-refractivity contribution in [2.45, 2.75) is 13.1 Å². The molecule has 0 heterocycles. The number of anilines is 1. The Bertz CT molecular complexity index is 834. The van der Waals surface area contributed by atoms with Crippen molar-refractivity contribution in [1.82, 2.24) is 5.43 Å². The van der Waals surface area contributed by atoms with Crippen LogP contribution in [0.5, 0.6) is 5.75 Å². The second-order valence-electron chi connectivity index (χ2n) is 5.23. The third-order valence-electron chi connectivity index (χ3n) is 3.22. The van der Waals surface area contributed by atoms with E-state index in [4.69, 9.17) is 4.74 Å². The van der Waals surface area contributed by atoms with Crippen LogP contribution in [0.25, 0.3) is 0 Å². The molecule has 0 aliphatic carbocycles. The van der Waals surface area contributed by atoms with E-state index in [-0.39, 0.29) is 5.69 Å². The molecule has 0 aliphatic rings. The third kappa shape index (κ3) is 6.14. The quantitative estimate of drug-likeness (QED) is 0.476. The Labute approximate surface area is 153 Å². The van der Waals surface area contributed by atoms with Gasteiger partial charge in [-0.2, -0.15) is 18.3 Å². The fourth-order valence-electron chi connectivity index (χ4n) is 1.99. The maximum atomic E-state index is 12.6. The highest BCUT2D eigenvalue weighted by Crippen LogP contribution is 2.30. The highest BCUT2D eigenvalue weighted by atomic mass is 19.4. The van der Waals surface area contributed by atoms with E-state index in [1.807, 2.05) is 12.3 Å². The van der Waals surface area contributed by atoms with Crippen LogP contribution >= 0.6 is 0 Å². The number of halogens is 3. The number of benzene rings is 2. The molecular formula is C18H16F3N3O3. The van der Waals surface area contributed by atoms with Crippen LogP contribution in [0.15, 0.2) is 53.6 Å². The van der Waals surface area contributed by atoms with Crippen LogP contribution in [0, 0.1) is 0 Å². The lowest BCUT2D eigenvalue weighted by molar-refractivity contribution is -0.137. The maximum Gasteiger partial charge on any atom is 0.416 e. The Hall–Kier alpha value is -3.36. The number of nitrogens with zero attached hydrogens (tertiary/aromatic N) is 1. The van der Waals surface area contributed by atoms with Gasteiger partial charge in [0.1, 0.15) is 5.75 Å². The second-order valence-corrected chi connectivity index (χ2v) is 5.23. The average Bonchev–Trinajstić information content (AvgIpc) is 2.63. The van der Waals surface area contributed by atoms with E-state index in [1.165, 1.54) is 12.3 Å². The summed E-state index contributed by atoms with van der Waals surface area (Å²) in [5.41, 5.74) is 1.56. The van der Waals surface area contributed by atoms with Crippen molar-refractivity contribution < 1.29 is 27.5 Å². The lowest BCUT2D eigenvalue weighted by Gasteiger charge is -2.09. The lowest BCUT2D eigenvalue weighted by Crippen LogP contribution is -2.32. The molecule has 2 N–H and O–H groups in total. The molecule has 0 bridgehead atoms. The van der Waals surface area contributed by atoms with E-state index >= 15 is 0 Å². The molecule has 2 aromatic carbocycles. The van der Waals surface area contributed by atoms with Crippen LogP contribution in [-0.4, -0.2) is 24.6 Å². The molecule has 6 nitrogen and oxygen atoms in total. The second kappa shape index (κ2) is 8.84. The number of nitrogens with one attached hydrogen (secondary N) is 2. The van der Waals surface area contributed by atoms with E-state index < -0.39 is 23.6 Å². The monoisotopic (exact) mass is 379 g/mol. The predicted octanol–water partition coefficient (Wildman–Crippen LogP) is 3.19. The van der Waals surface area contributed by atoms with Crippen LogP contribution in [-0.2, 0) is 15.8 Å². The van der Waals surface area contributed by atoms with Gasteiger partial charge >= 0.3 is 18.0 Å². The van der Waals surface area contributed by atoms with Crippen molar-refractivity contribution in [3.63, 3.8) is 0 Å². The van der Waals surface area contributed by atoms with Crippen molar-refractivity contribution in [2.75, 3.05) is 11.9 Å². The van der Waals surface area contributed by atoms with Gasteiger partial charge in [0.05, 0.1) is 18.4 Å². The van der Waals surface area contributed by atoms with E-state index in [9.17, 15) is 22.8 Å². The molecule has 0 unspecified atom stereocenters. The van der Waals surface area contributed by atoms with Gasteiger partial charge < -0.3 is 10.1 Å². The number of carbonyl (C=O) groups excluding carboxylic acids is 2. The standard InChI is InChI=1S/C18H16F3N3O3/c1-2-27-15-8-6-12(7-9-15)11-22-24-17(26)16(25)23-14-5-3-4-13(10-14)18(19,20)21/h3-11H,2H2,1H3,(H,23,25)(H,24,26)/b22-11-. The molecule has 27 heavy (non-hydrogen) atoms. The molecular weight excluding hydrogens is 363 g/mol. The molecule has 0 saturated carbocycles. The molecule has 0 aromatic heterocycles. The summed E-state index contributed by atoms with van der Waals surface area (Å²) in [7, 11) is 0. The molecule has 9 heteroatoms. The van der Waals surface area contributed by atoms with Gasteiger partial charge in [0.25, 0.3) is 0 Å². The summed E-state index contributed by atoms with van der Waals surface area (Å²) in [6, 6.07) is 10.8. The fourth-order valence-corrected chi connectivity index (χ4v) is 1.99. The minimum atomic E-state index is -4.55. The number of carbonyl (C=O) groups is 2. The van der Waals surface area contributed by atoms with Gasteiger partial charge in [-0.3, -0.25) is 9.59 Å². The number of ether oxygens (including phenoxy) is 1. The molecule has 2 amide bonds. The molecule has 0 atom stereocenters. The SMILES string of the molecule is CCOc1ccc(/C=N\NC(=O)C(=O)Nc2cccc(C(F)(F)F)c2)cc1. The summed E-state index contributed by atoms with van der Waals surface area (Å²) in [6.07, 6.45) is -3.24. The summed E-state index contributed by atoms with van der Waals surface area (Å²) < 4.78 is 43.2. The number of hydrazone groups is 1. The normalized spacial score (nSPS) is 11.3. The van der Waals surface area contributed by atoms with Crippen LogP contribution in [0.4, 0.5) is 18.9 Å². The third-order valence-corrected chi connectivity index (χ3v) is 3.22. The van der Waals surface area contributed by atoms with Crippen LogP contribution in [0.1, 0.15) is 18.1 Å². The number of rotatable bonds is 5. The molecule has 2 rings (SSSR count). The van der Waals surface area contributed by atoms with Gasteiger partial charge in [0.2, 0.25) is 0 Å². The zero-order chi connectivity index (χ0) is 19.9. The Kier molecular flexibility index (Phi) is 6.53. The lowest BCUT2D eigenvalue weighted by atomic mass is 10.2. The zero-order valence-corrected chi connectivity index (χ0v) is 14.2. The minimum Gasteiger partial charge on any atom is -0.494 e. The average molecular weight is 379 g/mol. The Morgan fingerprint density at radius 2 is 1.81 bits per heavy atom. The Morgan fingerprint density at radius 3 is 2.44 bits per heavy atom. The van der Waals surface area contributed by atoms with Crippen molar-refractivity contribution in [2.24, 2.45) is 5.10 Å². The number of amides is 2. The van der Waals surface area contributed by atoms with E-state index in [0.717, 1.165) is 18.2 Å². The van der Waals surface area contributed by atoms with Gasteiger partial charge in [-0.15, -0.1) is 0 Å². The molecule has 0 saturated heterocycles. The first-order chi connectivity index (χ1) is 12.8. The number of hydrogen-bond acceptors (Lipinski definition) is 4. The van der Waals surface area contributed by atoms with Crippen LogP contribution in [0.3, 0.4) is 0 Å². The van der Waals surface area contributed by atoms with Gasteiger partial charge in [0, 0.05) is 5.69 Å². The Balaban J connectivity index is 1.91. The molecule has 0 spiro atoms. The summed E-state index contributed by atoms with van der Waals surface area (Å²) in [5, 5.41) is 5.71. The number of hydrogen-bond donors (Lipinski definition) is 2. The van der Waals surface area contributed by atoms with E-state index in [1.54, 1.807) is 24.3 Å². The minimum absolute atomic E-state index is 0.152. The van der Waals surface area contributed by atoms with Gasteiger partial charge in [0.15, 0.2) is 0 Å². The summed E-state index contributed by atoms with van der Waals surface area (Å²) >= 11 is 0. The summed E-state index contributed by atoms with van der Waals surface area (Å²) in [6.45, 7) is 2.39. The first-order valence-electron chi connectivity index (χ1n) is 7.84. The maximum absolute atomic E-state index is 12.6. The summed E-state index contributed by atoms with van der Waals surface area (Å²) in [5.74, 6) is -1.58. The zero-order valence-electron chi connectivity index (χ0n) is 14.2. The van der Waals surface area contributed by atoms with Crippen molar-refractivity contribution in [3.8, 4) is 5.75 Å². The topological polar surface area (TPSA) is 79.8 Å². The van der Waals surface area contributed by atoms with Gasteiger partial charge in [-0.05, 0) is 55.0 Å². The van der Waals surface area contributed by atoms with Gasteiger partial charge in [-0.1, -0.05) is 6.07 Å². The van der Waals surface area contributed by atoms with E-state index in [0.29, 0.717) is 17.9 Å². The van der Waals surface area contributed by atoms with Gasteiger partial charge in [-0.25, -0.2) is 5.43 Å². The number of alkyl halides is 3. The predicted molar refractivity (Wildman–Crippen MR) is 93.4 cm³/mol. The van der Waals surface area contributed by atoms with Crippen LogP contribution < -0.4 is 15.5 Å². The van der Waals surface area contributed by atoms with E-state index in [2.05, 4.69) is 10.4 Å². The Morgan fingerprint density at radius 1 is 1.11 bits per heavy atom. The smallest absolute Gasteiger partial charge is 0.416 e. The van der Waals surface area contributed by atoms with Crippen molar-refractivity contribution in [1.29, 1.82) is 0 Å². The highest BCUT2D eigenvalue weighted by Gasteiger charge is 2.30. The first kappa shape index (κ1) is 20.0. The largest absolute Gasteiger partial charge is 0.494 e.